The van der Waals surface area contributed by atoms with Gasteiger partial charge in [0.1, 0.15) is 5.82 Å². The van der Waals surface area contributed by atoms with Gasteiger partial charge in [-0.2, -0.15) is 0 Å². The fourth-order valence-electron chi connectivity index (χ4n) is 2.23. The Hall–Kier alpha value is -1.18. The van der Waals surface area contributed by atoms with E-state index >= 15 is 0 Å². The quantitative estimate of drug-likeness (QED) is 0.721. The fraction of sp³-hybridized carbons (Fsp3) is 0.571. The molecule has 0 unspecified atom stereocenters. The van der Waals surface area contributed by atoms with Crippen LogP contribution in [0.1, 0.15) is 58.0 Å². The highest BCUT2D eigenvalue weighted by molar-refractivity contribution is 5.40. The number of hydrogen-bond donors (Lipinski definition) is 0. The minimum absolute atomic E-state index is 0.114. The lowest BCUT2D eigenvalue weighted by atomic mass is 9.80. The first kappa shape index (κ1) is 12.9. The van der Waals surface area contributed by atoms with Crippen molar-refractivity contribution in [3.05, 3.63) is 30.4 Å². The Bertz CT molecular complexity index is 338. The molecule has 0 aliphatic rings. The van der Waals surface area contributed by atoms with E-state index in [1.54, 1.807) is 6.08 Å². The third-order valence-corrected chi connectivity index (χ3v) is 3.03. The second-order valence-corrected chi connectivity index (χ2v) is 4.57. The van der Waals surface area contributed by atoms with E-state index in [9.17, 15) is 0 Å². The second-order valence-electron chi connectivity index (χ2n) is 4.57. The Morgan fingerprint density at radius 3 is 2.44 bits per heavy atom. The van der Waals surface area contributed by atoms with Gasteiger partial charge in [0.05, 0.1) is 5.69 Å². The summed E-state index contributed by atoms with van der Waals surface area (Å²) in [7, 11) is 0. The molecule has 0 saturated heterocycles. The Morgan fingerprint density at radius 1 is 1.31 bits per heavy atom. The molecule has 2 heteroatoms. The van der Waals surface area contributed by atoms with Gasteiger partial charge in [-0.3, -0.25) is 0 Å². The van der Waals surface area contributed by atoms with Crippen molar-refractivity contribution in [2.75, 3.05) is 0 Å². The minimum Gasteiger partial charge on any atom is -0.241 e. The molecule has 0 bridgehead atoms. The molecule has 1 aromatic heterocycles. The van der Waals surface area contributed by atoms with Crippen molar-refractivity contribution < 1.29 is 0 Å². The van der Waals surface area contributed by atoms with Crippen molar-refractivity contribution in [1.29, 1.82) is 0 Å². The number of nitrogens with zero attached hydrogens (tertiary/aromatic N) is 2. The van der Waals surface area contributed by atoms with Crippen molar-refractivity contribution in [1.82, 2.24) is 9.97 Å². The molecular weight excluding hydrogens is 196 g/mol. The summed E-state index contributed by atoms with van der Waals surface area (Å²) in [6, 6.07) is 1.90. The van der Waals surface area contributed by atoms with Crippen LogP contribution in [0, 0.1) is 0 Å². The van der Waals surface area contributed by atoms with Gasteiger partial charge in [-0.15, -0.1) is 0 Å². The lowest BCUT2D eigenvalue weighted by Crippen LogP contribution is -2.24. The minimum atomic E-state index is 0.114. The number of hydrogen-bond acceptors (Lipinski definition) is 2. The van der Waals surface area contributed by atoms with Crippen LogP contribution in [-0.4, -0.2) is 9.97 Å². The van der Waals surface area contributed by atoms with Gasteiger partial charge in [0.25, 0.3) is 0 Å². The van der Waals surface area contributed by atoms with Gasteiger partial charge in [-0.05, 0) is 25.0 Å². The lowest BCUT2D eigenvalue weighted by molar-refractivity contribution is 0.369. The molecule has 0 radical (unpaired) electrons. The van der Waals surface area contributed by atoms with Crippen LogP contribution in [0.2, 0.25) is 0 Å². The van der Waals surface area contributed by atoms with E-state index in [4.69, 9.17) is 0 Å². The number of aromatic nitrogens is 2. The van der Waals surface area contributed by atoms with Crippen LogP contribution in [0.4, 0.5) is 0 Å². The van der Waals surface area contributed by atoms with Gasteiger partial charge in [0, 0.05) is 11.6 Å². The molecule has 0 aliphatic carbocycles. The van der Waals surface area contributed by atoms with Gasteiger partial charge in [-0.25, -0.2) is 9.97 Å². The Morgan fingerprint density at radius 2 is 1.94 bits per heavy atom. The Kier molecular flexibility index (Phi) is 4.66. The van der Waals surface area contributed by atoms with Crippen LogP contribution < -0.4 is 0 Å². The van der Waals surface area contributed by atoms with Crippen molar-refractivity contribution >= 4 is 6.08 Å². The molecule has 0 fully saturated rings. The highest BCUT2D eigenvalue weighted by atomic mass is 14.9. The molecule has 0 atom stereocenters. The Labute approximate surface area is 98.8 Å². The smallest absolute Gasteiger partial charge is 0.134 e. The maximum absolute atomic E-state index is 4.57. The van der Waals surface area contributed by atoms with Crippen LogP contribution in [0.15, 0.2) is 18.8 Å². The van der Waals surface area contributed by atoms with E-state index in [1.165, 1.54) is 0 Å². The summed E-state index contributed by atoms with van der Waals surface area (Å²) < 4.78 is 0. The topological polar surface area (TPSA) is 25.8 Å². The molecule has 1 aromatic rings. The van der Waals surface area contributed by atoms with Crippen molar-refractivity contribution in [3.63, 3.8) is 0 Å². The molecule has 1 heterocycles. The lowest BCUT2D eigenvalue weighted by Gasteiger charge is -2.27. The first-order valence-corrected chi connectivity index (χ1v) is 6.12. The zero-order valence-electron chi connectivity index (χ0n) is 10.7. The molecule has 0 aromatic carbocycles. The number of rotatable bonds is 6. The van der Waals surface area contributed by atoms with Gasteiger partial charge >= 0.3 is 0 Å². The van der Waals surface area contributed by atoms with Crippen LogP contribution in [0.3, 0.4) is 0 Å². The summed E-state index contributed by atoms with van der Waals surface area (Å²) in [6.45, 7) is 10.4. The Balaban J connectivity index is 3.04. The van der Waals surface area contributed by atoms with Gasteiger partial charge in [0.2, 0.25) is 0 Å². The maximum Gasteiger partial charge on any atom is 0.134 e. The van der Waals surface area contributed by atoms with Crippen molar-refractivity contribution in [2.24, 2.45) is 0 Å². The van der Waals surface area contributed by atoms with E-state index in [1.807, 2.05) is 12.3 Å². The van der Waals surface area contributed by atoms with E-state index in [0.717, 1.165) is 37.2 Å². The molecule has 0 spiro atoms. The summed E-state index contributed by atoms with van der Waals surface area (Å²) in [5.41, 5.74) is 1.03. The summed E-state index contributed by atoms with van der Waals surface area (Å²) in [5, 5.41) is 0. The van der Waals surface area contributed by atoms with E-state index in [0.29, 0.717) is 0 Å². The zero-order valence-corrected chi connectivity index (χ0v) is 10.7. The van der Waals surface area contributed by atoms with E-state index < -0.39 is 0 Å². The maximum atomic E-state index is 4.57. The first-order valence-electron chi connectivity index (χ1n) is 6.12. The second kappa shape index (κ2) is 5.78. The standard InChI is InChI=1S/C14H22N2/c1-5-9-14(4,10-6-2)13-15-11-8-12(7-3)16-13/h7-8,11H,3,5-6,9-10H2,1-2,4H3. The molecule has 2 nitrogen and oxygen atoms in total. The molecule has 88 valence electrons. The first-order chi connectivity index (χ1) is 7.66. The van der Waals surface area contributed by atoms with Crippen LogP contribution >= 0.6 is 0 Å². The third kappa shape index (κ3) is 2.91. The predicted molar refractivity (Wildman–Crippen MR) is 69.3 cm³/mol. The molecule has 0 amide bonds. The molecule has 16 heavy (non-hydrogen) atoms. The van der Waals surface area contributed by atoms with Gasteiger partial charge < -0.3 is 0 Å². The van der Waals surface area contributed by atoms with Crippen LogP contribution in [0.5, 0.6) is 0 Å². The third-order valence-electron chi connectivity index (χ3n) is 3.03. The summed E-state index contributed by atoms with van der Waals surface area (Å²) >= 11 is 0. The van der Waals surface area contributed by atoms with Crippen LogP contribution in [0.25, 0.3) is 6.08 Å². The monoisotopic (exact) mass is 218 g/mol. The van der Waals surface area contributed by atoms with Crippen molar-refractivity contribution in [3.8, 4) is 0 Å². The SMILES string of the molecule is C=Cc1ccnc(C(C)(CCC)CCC)n1. The largest absolute Gasteiger partial charge is 0.241 e. The molecule has 1 rings (SSSR count). The summed E-state index contributed by atoms with van der Waals surface area (Å²) in [4.78, 5) is 9.01. The van der Waals surface area contributed by atoms with Gasteiger partial charge in [0.15, 0.2) is 0 Å². The summed E-state index contributed by atoms with van der Waals surface area (Å²) in [5.74, 6) is 0.966. The highest BCUT2D eigenvalue weighted by Gasteiger charge is 2.27. The fourth-order valence-corrected chi connectivity index (χ4v) is 2.23. The van der Waals surface area contributed by atoms with E-state index in [2.05, 4.69) is 37.3 Å². The predicted octanol–water partition coefficient (Wildman–Crippen LogP) is 3.98. The van der Waals surface area contributed by atoms with Crippen LogP contribution in [-0.2, 0) is 5.41 Å². The van der Waals surface area contributed by atoms with Crippen molar-refractivity contribution in [2.45, 2.75) is 51.9 Å². The molecule has 0 saturated carbocycles. The average Bonchev–Trinajstić information content (AvgIpc) is 2.30. The van der Waals surface area contributed by atoms with Gasteiger partial charge in [-0.1, -0.05) is 40.2 Å². The molecule has 0 aliphatic heterocycles. The molecular formula is C14H22N2. The zero-order chi connectivity index (χ0) is 12.0. The molecule has 0 N–H and O–H groups in total. The summed E-state index contributed by atoms with van der Waals surface area (Å²) in [6.07, 6.45) is 8.23. The highest BCUT2D eigenvalue weighted by Crippen LogP contribution is 2.31. The normalized spacial score (nSPS) is 11.4. The average molecular weight is 218 g/mol. The van der Waals surface area contributed by atoms with E-state index in [-0.39, 0.29) is 5.41 Å².